The van der Waals surface area contributed by atoms with Crippen LogP contribution in [-0.2, 0) is 4.79 Å². The van der Waals surface area contributed by atoms with Crippen LogP contribution in [0.1, 0.15) is 51.9 Å². The molecule has 0 heterocycles. The predicted octanol–water partition coefficient (Wildman–Crippen LogP) is 2.09. The Bertz CT molecular complexity index is 198. The van der Waals surface area contributed by atoms with Crippen LogP contribution in [0.2, 0.25) is 0 Å². The lowest BCUT2D eigenvalue weighted by molar-refractivity contribution is -0.126. The van der Waals surface area contributed by atoms with Crippen molar-refractivity contribution in [2.24, 2.45) is 11.8 Å². The number of hydrogen-bond donors (Lipinski definition) is 2. The van der Waals surface area contributed by atoms with Crippen LogP contribution in [0.5, 0.6) is 0 Å². The molecule has 0 radical (unpaired) electrons. The Morgan fingerprint density at radius 2 is 1.88 bits per heavy atom. The predicted molar refractivity (Wildman–Crippen MR) is 65.1 cm³/mol. The maximum atomic E-state index is 11.8. The van der Waals surface area contributed by atoms with Gasteiger partial charge in [-0.25, -0.2) is 0 Å². The van der Waals surface area contributed by atoms with E-state index < -0.39 is 0 Å². The lowest BCUT2D eigenvalue weighted by atomic mass is 9.82. The van der Waals surface area contributed by atoms with E-state index in [0.29, 0.717) is 0 Å². The molecule has 0 spiro atoms. The van der Waals surface area contributed by atoms with E-state index in [1.807, 2.05) is 0 Å². The van der Waals surface area contributed by atoms with E-state index in [2.05, 4.69) is 12.2 Å². The number of hydrogen-bond acceptors (Lipinski definition) is 2. The van der Waals surface area contributed by atoms with Crippen LogP contribution >= 0.6 is 0 Å². The van der Waals surface area contributed by atoms with Crippen molar-refractivity contribution in [2.45, 2.75) is 51.9 Å². The smallest absolute Gasteiger partial charge is 0.223 e. The minimum atomic E-state index is 0.246. The van der Waals surface area contributed by atoms with E-state index >= 15 is 0 Å². The van der Waals surface area contributed by atoms with Gasteiger partial charge in [-0.05, 0) is 50.9 Å². The van der Waals surface area contributed by atoms with Crippen LogP contribution in [0.25, 0.3) is 0 Å². The number of aliphatic hydroxyl groups excluding tert-OH is 1. The SMILES string of the molecule is CC1CCC(C(=O)NCCCCCO)CC1. The lowest BCUT2D eigenvalue weighted by Gasteiger charge is -2.25. The number of carbonyl (C=O) groups excluding carboxylic acids is 1. The number of carbonyl (C=O) groups is 1. The lowest BCUT2D eigenvalue weighted by Crippen LogP contribution is -2.33. The highest BCUT2D eigenvalue weighted by molar-refractivity contribution is 5.78. The van der Waals surface area contributed by atoms with E-state index in [9.17, 15) is 4.79 Å². The molecule has 1 rings (SSSR count). The Morgan fingerprint density at radius 3 is 2.50 bits per heavy atom. The minimum Gasteiger partial charge on any atom is -0.396 e. The highest BCUT2D eigenvalue weighted by Gasteiger charge is 2.23. The number of amides is 1. The first kappa shape index (κ1) is 13.5. The number of aliphatic hydroxyl groups is 1. The molecule has 3 heteroatoms. The first-order chi connectivity index (χ1) is 7.74. The highest BCUT2D eigenvalue weighted by atomic mass is 16.2. The molecule has 1 saturated carbocycles. The maximum absolute atomic E-state index is 11.8. The van der Waals surface area contributed by atoms with Crippen molar-refractivity contribution in [1.82, 2.24) is 5.32 Å². The molecule has 3 nitrogen and oxygen atoms in total. The van der Waals surface area contributed by atoms with Gasteiger partial charge >= 0.3 is 0 Å². The molecule has 1 amide bonds. The van der Waals surface area contributed by atoms with Crippen molar-refractivity contribution in [3.05, 3.63) is 0 Å². The topological polar surface area (TPSA) is 49.3 Å². The van der Waals surface area contributed by atoms with Gasteiger partial charge in [-0.2, -0.15) is 0 Å². The molecule has 1 fully saturated rings. The molecule has 0 aliphatic heterocycles. The summed E-state index contributed by atoms with van der Waals surface area (Å²) in [5.41, 5.74) is 0. The molecule has 94 valence electrons. The van der Waals surface area contributed by atoms with E-state index in [1.165, 1.54) is 12.8 Å². The van der Waals surface area contributed by atoms with Crippen LogP contribution in [0.15, 0.2) is 0 Å². The Kier molecular flexibility index (Phi) is 6.46. The number of rotatable bonds is 6. The maximum Gasteiger partial charge on any atom is 0.223 e. The molecule has 16 heavy (non-hydrogen) atoms. The van der Waals surface area contributed by atoms with Crippen molar-refractivity contribution in [2.75, 3.05) is 13.2 Å². The number of nitrogens with one attached hydrogen (secondary N) is 1. The Labute approximate surface area is 98.6 Å². The normalized spacial score (nSPS) is 25.4. The van der Waals surface area contributed by atoms with E-state index in [1.54, 1.807) is 0 Å². The van der Waals surface area contributed by atoms with Crippen molar-refractivity contribution in [3.63, 3.8) is 0 Å². The third kappa shape index (κ3) is 4.97. The van der Waals surface area contributed by atoms with Crippen molar-refractivity contribution in [1.29, 1.82) is 0 Å². The second-order valence-corrected chi connectivity index (χ2v) is 5.03. The van der Waals surface area contributed by atoms with Gasteiger partial charge in [0.25, 0.3) is 0 Å². The Morgan fingerprint density at radius 1 is 1.19 bits per heavy atom. The van der Waals surface area contributed by atoms with Crippen molar-refractivity contribution < 1.29 is 9.90 Å². The third-order valence-corrected chi connectivity index (χ3v) is 3.52. The van der Waals surface area contributed by atoms with Crippen molar-refractivity contribution in [3.8, 4) is 0 Å². The molecule has 0 unspecified atom stereocenters. The minimum absolute atomic E-state index is 0.246. The largest absolute Gasteiger partial charge is 0.396 e. The molecule has 0 aromatic rings. The van der Waals surface area contributed by atoms with Gasteiger partial charge < -0.3 is 10.4 Å². The molecule has 0 aromatic heterocycles. The van der Waals surface area contributed by atoms with E-state index in [-0.39, 0.29) is 18.4 Å². The third-order valence-electron chi connectivity index (χ3n) is 3.52. The van der Waals surface area contributed by atoms with Gasteiger partial charge in [0.1, 0.15) is 0 Å². The fraction of sp³-hybridized carbons (Fsp3) is 0.923. The van der Waals surface area contributed by atoms with E-state index in [4.69, 9.17) is 5.11 Å². The summed E-state index contributed by atoms with van der Waals surface area (Å²) in [5, 5.41) is 11.6. The monoisotopic (exact) mass is 227 g/mol. The molecule has 0 bridgehead atoms. The Hall–Kier alpha value is -0.570. The summed E-state index contributed by atoms with van der Waals surface area (Å²) < 4.78 is 0. The molecule has 1 aliphatic carbocycles. The highest BCUT2D eigenvalue weighted by Crippen LogP contribution is 2.28. The molecule has 0 saturated heterocycles. The van der Waals surface area contributed by atoms with Gasteiger partial charge in [0.2, 0.25) is 5.91 Å². The van der Waals surface area contributed by atoms with Crippen LogP contribution in [0.3, 0.4) is 0 Å². The fourth-order valence-corrected chi connectivity index (χ4v) is 2.29. The van der Waals surface area contributed by atoms with Gasteiger partial charge in [-0.3, -0.25) is 4.79 Å². The zero-order valence-corrected chi connectivity index (χ0v) is 10.4. The average molecular weight is 227 g/mol. The van der Waals surface area contributed by atoms with Gasteiger partial charge in [-0.1, -0.05) is 6.92 Å². The Balaban J connectivity index is 2.06. The van der Waals surface area contributed by atoms with Gasteiger partial charge in [0.15, 0.2) is 0 Å². The summed E-state index contributed by atoms with van der Waals surface area (Å²) in [7, 11) is 0. The second kappa shape index (κ2) is 7.66. The summed E-state index contributed by atoms with van der Waals surface area (Å²) in [6.45, 7) is 3.29. The van der Waals surface area contributed by atoms with Crippen LogP contribution in [0.4, 0.5) is 0 Å². The summed E-state index contributed by atoms with van der Waals surface area (Å²) in [5.74, 6) is 1.30. The summed E-state index contributed by atoms with van der Waals surface area (Å²) in [6.07, 6.45) is 7.34. The summed E-state index contributed by atoms with van der Waals surface area (Å²) >= 11 is 0. The van der Waals surface area contributed by atoms with Crippen LogP contribution in [-0.4, -0.2) is 24.2 Å². The average Bonchev–Trinajstić information content (AvgIpc) is 2.29. The molecule has 1 aliphatic rings. The molecule has 2 N–H and O–H groups in total. The standard InChI is InChI=1S/C13H25NO2/c1-11-5-7-12(8-6-11)13(16)14-9-3-2-4-10-15/h11-12,15H,2-10H2,1H3,(H,14,16). The number of unbranched alkanes of at least 4 members (excludes halogenated alkanes) is 2. The summed E-state index contributed by atoms with van der Waals surface area (Å²) in [6, 6.07) is 0. The first-order valence-corrected chi connectivity index (χ1v) is 6.62. The van der Waals surface area contributed by atoms with Crippen LogP contribution < -0.4 is 5.32 Å². The molecular formula is C13H25NO2. The molecular weight excluding hydrogens is 202 g/mol. The first-order valence-electron chi connectivity index (χ1n) is 6.62. The van der Waals surface area contributed by atoms with Gasteiger partial charge in [-0.15, -0.1) is 0 Å². The van der Waals surface area contributed by atoms with E-state index in [0.717, 1.165) is 44.6 Å². The molecule has 0 aromatic carbocycles. The second-order valence-electron chi connectivity index (χ2n) is 5.03. The fourth-order valence-electron chi connectivity index (χ4n) is 2.29. The zero-order valence-electron chi connectivity index (χ0n) is 10.4. The molecule has 0 atom stereocenters. The zero-order chi connectivity index (χ0) is 11.8. The van der Waals surface area contributed by atoms with Gasteiger partial charge in [0.05, 0.1) is 0 Å². The summed E-state index contributed by atoms with van der Waals surface area (Å²) in [4.78, 5) is 11.8. The quantitative estimate of drug-likeness (QED) is 0.683. The van der Waals surface area contributed by atoms with Crippen LogP contribution in [0, 0.1) is 11.8 Å². The van der Waals surface area contributed by atoms with Gasteiger partial charge in [0, 0.05) is 19.1 Å². The van der Waals surface area contributed by atoms with Crippen molar-refractivity contribution >= 4 is 5.91 Å².